The molecule has 0 saturated heterocycles. The third-order valence-corrected chi connectivity index (χ3v) is 6.70. The summed E-state index contributed by atoms with van der Waals surface area (Å²) >= 11 is 0. The van der Waals surface area contributed by atoms with E-state index >= 15 is 0 Å². The number of alkyl carbamates (subject to hydrolysis) is 1. The van der Waals surface area contributed by atoms with Gasteiger partial charge in [0.25, 0.3) is 0 Å². The highest BCUT2D eigenvalue weighted by molar-refractivity contribution is 5.68. The highest BCUT2D eigenvalue weighted by atomic mass is 16.6. The number of nitrogens with zero attached hydrogens (tertiary/aromatic N) is 1. The number of carbonyl (C=O) groups is 2. The Morgan fingerprint density at radius 3 is 1.74 bits per heavy atom. The van der Waals surface area contributed by atoms with Crippen LogP contribution in [0.2, 0.25) is 0 Å². The molecule has 0 fully saturated rings. The van der Waals surface area contributed by atoms with Crippen LogP contribution in [0.15, 0.2) is 91.0 Å². The smallest absolute Gasteiger partial charge is 0.407 e. The fraction of sp³-hybridized carbons (Fsp3) is 0.394. The molecule has 0 aliphatic rings. The SMILES string of the molecule is CC(C)(C)OC(=O)N[C@@H](Cc1ccccc1)[C@H](O)CN[C@H](Cc1ccccc1)[C@@H](O)CN(Cc1ccccc1)C(=O)[O-]. The van der Waals surface area contributed by atoms with Crippen LogP contribution in [-0.2, 0) is 24.1 Å². The Balaban J connectivity index is 1.74. The first kappa shape index (κ1) is 32.6. The van der Waals surface area contributed by atoms with Gasteiger partial charge < -0.3 is 40.4 Å². The molecule has 4 atom stereocenters. The van der Waals surface area contributed by atoms with E-state index in [4.69, 9.17) is 4.74 Å². The van der Waals surface area contributed by atoms with E-state index in [2.05, 4.69) is 10.6 Å². The largest absolute Gasteiger partial charge is 0.530 e. The van der Waals surface area contributed by atoms with E-state index in [0.717, 1.165) is 21.6 Å². The van der Waals surface area contributed by atoms with Crippen molar-refractivity contribution in [2.45, 2.75) is 70.1 Å². The molecule has 4 N–H and O–H groups in total. The highest BCUT2D eigenvalue weighted by Gasteiger charge is 2.28. The normalized spacial score (nSPS) is 14.3. The van der Waals surface area contributed by atoms with Gasteiger partial charge in [0.2, 0.25) is 0 Å². The quantitative estimate of drug-likeness (QED) is 0.232. The van der Waals surface area contributed by atoms with Gasteiger partial charge in [-0.2, -0.15) is 0 Å². The molecule has 9 heteroatoms. The van der Waals surface area contributed by atoms with Crippen molar-refractivity contribution < 1.29 is 29.6 Å². The number of amides is 2. The summed E-state index contributed by atoms with van der Waals surface area (Å²) in [5.41, 5.74) is 1.91. The first-order valence-electron chi connectivity index (χ1n) is 14.2. The van der Waals surface area contributed by atoms with Crippen LogP contribution < -0.4 is 15.7 Å². The predicted octanol–water partition coefficient (Wildman–Crippen LogP) is 2.89. The van der Waals surface area contributed by atoms with Crippen LogP contribution in [0.4, 0.5) is 9.59 Å². The van der Waals surface area contributed by atoms with Crippen molar-refractivity contribution in [2.75, 3.05) is 13.1 Å². The molecule has 0 heterocycles. The molecular weight excluding hydrogens is 534 g/mol. The first-order chi connectivity index (χ1) is 20.0. The molecule has 0 radical (unpaired) electrons. The molecule has 3 rings (SSSR count). The molecule has 0 aliphatic carbocycles. The standard InChI is InChI=1S/C33H43N3O6/c1-33(2,3)42-31(39)35-28(20-25-15-9-5-10-16-25)29(37)21-34-27(19-24-13-7-4-8-14-24)30(38)23-36(32(40)41)22-26-17-11-6-12-18-26/h4-18,27-30,34,37-38H,19-23H2,1-3H3,(H,35,39)(H,40,41)/p-1/t27-,28+,29-,30+/m1/s1. The van der Waals surface area contributed by atoms with Crippen LogP contribution in [0, 0.1) is 0 Å². The number of ether oxygens (including phenoxy) is 1. The van der Waals surface area contributed by atoms with Crippen molar-refractivity contribution in [3.8, 4) is 0 Å². The monoisotopic (exact) mass is 576 g/mol. The summed E-state index contributed by atoms with van der Waals surface area (Å²) in [6.07, 6.45) is -3.47. The number of carboxylic acid groups (broad SMARTS) is 1. The number of rotatable bonds is 14. The molecule has 0 saturated carbocycles. The van der Waals surface area contributed by atoms with Gasteiger partial charge in [-0.15, -0.1) is 0 Å². The zero-order chi connectivity index (χ0) is 30.5. The van der Waals surface area contributed by atoms with Gasteiger partial charge >= 0.3 is 6.09 Å². The van der Waals surface area contributed by atoms with Crippen LogP contribution in [0.3, 0.4) is 0 Å². The van der Waals surface area contributed by atoms with Gasteiger partial charge in [0.15, 0.2) is 0 Å². The van der Waals surface area contributed by atoms with E-state index in [1.54, 1.807) is 20.8 Å². The fourth-order valence-electron chi connectivity index (χ4n) is 4.60. The lowest BCUT2D eigenvalue weighted by atomic mass is 9.98. The summed E-state index contributed by atoms with van der Waals surface area (Å²) in [6, 6.07) is 26.8. The maximum atomic E-state index is 12.6. The van der Waals surface area contributed by atoms with Gasteiger partial charge in [0.05, 0.1) is 18.2 Å². The molecule has 9 nitrogen and oxygen atoms in total. The second kappa shape index (κ2) is 15.9. The van der Waals surface area contributed by atoms with E-state index < -0.39 is 42.1 Å². The number of nitrogens with one attached hydrogen (secondary N) is 2. The highest BCUT2D eigenvalue weighted by Crippen LogP contribution is 2.13. The lowest BCUT2D eigenvalue weighted by Gasteiger charge is -2.33. The van der Waals surface area contributed by atoms with Crippen LogP contribution >= 0.6 is 0 Å². The van der Waals surface area contributed by atoms with Crippen LogP contribution in [0.5, 0.6) is 0 Å². The van der Waals surface area contributed by atoms with Crippen molar-refractivity contribution in [3.05, 3.63) is 108 Å². The molecular formula is C33H42N3O6-. The van der Waals surface area contributed by atoms with E-state index in [1.165, 1.54) is 0 Å². The Morgan fingerprint density at radius 1 is 0.786 bits per heavy atom. The lowest BCUT2D eigenvalue weighted by Crippen LogP contribution is -2.55. The van der Waals surface area contributed by atoms with Crippen LogP contribution in [0.1, 0.15) is 37.5 Å². The van der Waals surface area contributed by atoms with Gasteiger partial charge in [-0.3, -0.25) is 0 Å². The van der Waals surface area contributed by atoms with Gasteiger partial charge in [-0.25, -0.2) is 4.79 Å². The minimum atomic E-state index is -1.39. The molecule has 0 spiro atoms. The zero-order valence-corrected chi connectivity index (χ0v) is 24.5. The van der Waals surface area contributed by atoms with Crippen LogP contribution in [-0.4, -0.2) is 70.3 Å². The molecule has 226 valence electrons. The summed E-state index contributed by atoms with van der Waals surface area (Å²) in [6.45, 7) is 5.19. The van der Waals surface area contributed by atoms with Crippen molar-refractivity contribution in [3.63, 3.8) is 0 Å². The van der Waals surface area contributed by atoms with Crippen molar-refractivity contribution >= 4 is 12.2 Å². The van der Waals surface area contributed by atoms with Crippen LogP contribution in [0.25, 0.3) is 0 Å². The molecule has 42 heavy (non-hydrogen) atoms. The summed E-state index contributed by atoms with van der Waals surface area (Å²) in [5.74, 6) is 0. The van der Waals surface area contributed by atoms with Crippen molar-refractivity contribution in [2.24, 2.45) is 0 Å². The Kier molecular flexibility index (Phi) is 12.3. The molecule has 0 unspecified atom stereocenters. The molecule has 0 aliphatic heterocycles. The van der Waals surface area contributed by atoms with Gasteiger partial charge in [-0.05, 0) is 50.3 Å². The number of hydrogen-bond acceptors (Lipinski definition) is 7. The molecule has 0 bridgehead atoms. The predicted molar refractivity (Wildman–Crippen MR) is 160 cm³/mol. The van der Waals surface area contributed by atoms with Crippen molar-refractivity contribution in [1.82, 2.24) is 15.5 Å². The maximum Gasteiger partial charge on any atom is 0.407 e. The Bertz CT molecular complexity index is 1220. The average molecular weight is 577 g/mol. The minimum Gasteiger partial charge on any atom is -0.530 e. The second-order valence-electron chi connectivity index (χ2n) is 11.4. The molecule has 3 aromatic carbocycles. The minimum absolute atomic E-state index is 0.0197. The number of hydrogen-bond donors (Lipinski definition) is 4. The number of aliphatic hydroxyl groups excluding tert-OH is 2. The van der Waals surface area contributed by atoms with E-state index in [1.807, 2.05) is 91.0 Å². The molecule has 3 aromatic rings. The van der Waals surface area contributed by atoms with E-state index in [-0.39, 0.29) is 19.6 Å². The Morgan fingerprint density at radius 2 is 1.26 bits per heavy atom. The summed E-state index contributed by atoms with van der Waals surface area (Å²) in [5, 5.41) is 40.5. The van der Waals surface area contributed by atoms with Gasteiger partial charge in [-0.1, -0.05) is 91.0 Å². The van der Waals surface area contributed by atoms with Gasteiger partial charge in [0.1, 0.15) is 11.7 Å². The van der Waals surface area contributed by atoms with E-state index in [9.17, 15) is 24.9 Å². The zero-order valence-electron chi connectivity index (χ0n) is 24.5. The summed E-state index contributed by atoms with van der Waals surface area (Å²) < 4.78 is 5.43. The number of carbonyl (C=O) groups excluding carboxylic acids is 2. The third-order valence-electron chi connectivity index (χ3n) is 6.70. The second-order valence-corrected chi connectivity index (χ2v) is 11.4. The van der Waals surface area contributed by atoms with E-state index in [0.29, 0.717) is 12.8 Å². The molecule has 2 amide bonds. The lowest BCUT2D eigenvalue weighted by molar-refractivity contribution is -0.267. The third kappa shape index (κ3) is 11.5. The fourth-order valence-corrected chi connectivity index (χ4v) is 4.60. The number of benzene rings is 3. The first-order valence-corrected chi connectivity index (χ1v) is 14.2. The maximum absolute atomic E-state index is 12.6. The number of aliphatic hydroxyl groups is 2. The topological polar surface area (TPSA) is 134 Å². The average Bonchev–Trinajstić information content (AvgIpc) is 2.95. The van der Waals surface area contributed by atoms with Gasteiger partial charge in [0, 0.05) is 25.7 Å². The summed E-state index contributed by atoms with van der Waals surface area (Å²) in [7, 11) is 0. The Hall–Kier alpha value is -3.92. The Labute approximate surface area is 248 Å². The molecule has 0 aromatic heterocycles. The van der Waals surface area contributed by atoms with Crippen molar-refractivity contribution in [1.29, 1.82) is 0 Å². The summed E-state index contributed by atoms with van der Waals surface area (Å²) in [4.78, 5) is 25.6.